The van der Waals surface area contributed by atoms with Gasteiger partial charge < -0.3 is 9.94 Å². The molecule has 1 atom stereocenters. The Balaban J connectivity index is 1.88. The average Bonchev–Trinajstić information content (AvgIpc) is 2.73. The molecule has 33 heavy (non-hydrogen) atoms. The summed E-state index contributed by atoms with van der Waals surface area (Å²) >= 11 is 5.82. The zero-order chi connectivity index (χ0) is 24.4. The van der Waals surface area contributed by atoms with Crippen molar-refractivity contribution in [2.24, 2.45) is 0 Å². The molecule has 1 amide bonds. The van der Waals surface area contributed by atoms with E-state index in [1.807, 2.05) is 12.1 Å². The summed E-state index contributed by atoms with van der Waals surface area (Å²) in [5.74, 6) is -0.599. The highest BCUT2D eigenvalue weighted by Gasteiger charge is 2.18. The third-order valence-electron chi connectivity index (χ3n) is 4.76. The van der Waals surface area contributed by atoms with Crippen LogP contribution in [0.3, 0.4) is 0 Å². The van der Waals surface area contributed by atoms with Gasteiger partial charge in [0.2, 0.25) is 10.0 Å². The molecular formula is C23H29ClN2O6S. The van der Waals surface area contributed by atoms with Gasteiger partial charge in [0.1, 0.15) is 0 Å². The van der Waals surface area contributed by atoms with Crippen LogP contribution in [0.25, 0.3) is 0 Å². The van der Waals surface area contributed by atoms with Crippen molar-refractivity contribution >= 4 is 33.5 Å². The minimum atomic E-state index is -3.66. The number of nitrogens with one attached hydrogen (secondary N) is 1. The number of hydrogen-bond donors (Lipinski definition) is 2. The molecule has 2 N–H and O–H groups in total. The first-order valence-corrected chi connectivity index (χ1v) is 12.5. The number of hydrogen-bond acceptors (Lipinski definition) is 5. The van der Waals surface area contributed by atoms with E-state index in [4.69, 9.17) is 21.5 Å². The summed E-state index contributed by atoms with van der Waals surface area (Å²) in [5.41, 5.74) is 0.900. The number of aliphatic carboxylic acids is 1. The Morgan fingerprint density at radius 2 is 1.70 bits per heavy atom. The standard InChI is InChI=1S/C23H29ClN2O6S/c1-17(25-33(30,31)22-13-9-20(24)10-14-22)16-19-7-11-21(12-8-19)32-26(18(2)27)15-5-3-4-6-23(28)29/h7-14,17,25H,3-6,15-16H2,1-2H3,(H,28,29). The van der Waals surface area contributed by atoms with Crippen LogP contribution in [0.4, 0.5) is 0 Å². The van der Waals surface area contributed by atoms with Gasteiger partial charge in [0.05, 0.1) is 11.4 Å². The molecule has 0 radical (unpaired) electrons. The molecule has 180 valence electrons. The Morgan fingerprint density at radius 1 is 1.06 bits per heavy atom. The summed E-state index contributed by atoms with van der Waals surface area (Å²) < 4.78 is 27.7. The fourth-order valence-corrected chi connectivity index (χ4v) is 4.50. The fourth-order valence-electron chi connectivity index (χ4n) is 3.13. The fraction of sp³-hybridized carbons (Fsp3) is 0.391. The van der Waals surface area contributed by atoms with Gasteiger partial charge in [-0.1, -0.05) is 30.2 Å². The Bertz CT molecular complexity index is 1030. The second kappa shape index (κ2) is 12.6. The Morgan fingerprint density at radius 3 is 2.27 bits per heavy atom. The number of sulfonamides is 1. The zero-order valence-electron chi connectivity index (χ0n) is 18.7. The van der Waals surface area contributed by atoms with Gasteiger partial charge in [-0.2, -0.15) is 5.06 Å². The molecule has 0 aromatic heterocycles. The molecule has 0 spiro atoms. The van der Waals surface area contributed by atoms with Gasteiger partial charge in [0.15, 0.2) is 5.75 Å². The highest BCUT2D eigenvalue weighted by Crippen LogP contribution is 2.18. The van der Waals surface area contributed by atoms with Crippen molar-refractivity contribution in [2.45, 2.75) is 56.9 Å². The van der Waals surface area contributed by atoms with Crippen LogP contribution in [0.5, 0.6) is 5.75 Å². The first-order chi connectivity index (χ1) is 15.6. The van der Waals surface area contributed by atoms with E-state index >= 15 is 0 Å². The van der Waals surface area contributed by atoms with Gasteiger partial charge in [-0.3, -0.25) is 9.59 Å². The Labute approximate surface area is 199 Å². The maximum Gasteiger partial charge on any atom is 0.303 e. The minimum absolute atomic E-state index is 0.108. The Hall–Kier alpha value is -2.62. The number of unbranched alkanes of at least 4 members (excludes halogenated alkanes) is 2. The van der Waals surface area contributed by atoms with E-state index in [-0.39, 0.29) is 23.3 Å². The van der Waals surface area contributed by atoms with Crippen molar-refractivity contribution in [1.82, 2.24) is 9.79 Å². The number of carboxylic acids is 1. The lowest BCUT2D eigenvalue weighted by Gasteiger charge is -2.21. The topological polar surface area (TPSA) is 113 Å². The summed E-state index contributed by atoms with van der Waals surface area (Å²) in [4.78, 5) is 28.2. The van der Waals surface area contributed by atoms with Gasteiger partial charge in [0.25, 0.3) is 5.91 Å². The zero-order valence-corrected chi connectivity index (χ0v) is 20.2. The lowest BCUT2D eigenvalue weighted by atomic mass is 10.1. The first kappa shape index (κ1) is 26.6. The molecule has 0 fully saturated rings. The average molecular weight is 497 g/mol. The van der Waals surface area contributed by atoms with E-state index in [2.05, 4.69) is 4.72 Å². The number of nitrogens with zero attached hydrogens (tertiary/aromatic N) is 1. The number of rotatable bonds is 13. The summed E-state index contributed by atoms with van der Waals surface area (Å²) in [7, 11) is -3.66. The minimum Gasteiger partial charge on any atom is -0.481 e. The normalized spacial score (nSPS) is 12.2. The van der Waals surface area contributed by atoms with Crippen molar-refractivity contribution < 1.29 is 28.0 Å². The summed E-state index contributed by atoms with van der Waals surface area (Å²) in [5, 5.41) is 10.4. The number of benzene rings is 2. The maximum absolute atomic E-state index is 12.5. The monoisotopic (exact) mass is 496 g/mol. The lowest BCUT2D eigenvalue weighted by Crippen LogP contribution is -2.34. The number of carbonyl (C=O) groups excluding carboxylic acids is 1. The van der Waals surface area contributed by atoms with Crippen LogP contribution in [0, 0.1) is 0 Å². The van der Waals surface area contributed by atoms with E-state index in [9.17, 15) is 18.0 Å². The van der Waals surface area contributed by atoms with Crippen molar-refractivity contribution in [3.05, 3.63) is 59.1 Å². The number of amides is 1. The first-order valence-electron chi connectivity index (χ1n) is 10.6. The van der Waals surface area contributed by atoms with Crippen molar-refractivity contribution in [3.63, 3.8) is 0 Å². The summed E-state index contributed by atoms with van der Waals surface area (Å²) in [6.07, 6.45) is 2.44. The van der Waals surface area contributed by atoms with Crippen LogP contribution in [-0.4, -0.2) is 43.1 Å². The van der Waals surface area contributed by atoms with E-state index in [1.165, 1.54) is 36.3 Å². The highest BCUT2D eigenvalue weighted by atomic mass is 35.5. The van der Waals surface area contributed by atoms with E-state index < -0.39 is 16.0 Å². The van der Waals surface area contributed by atoms with Crippen LogP contribution >= 0.6 is 11.6 Å². The van der Waals surface area contributed by atoms with Crippen LogP contribution < -0.4 is 9.56 Å². The number of carboxylic acid groups (broad SMARTS) is 1. The van der Waals surface area contributed by atoms with Gasteiger partial charge in [-0.25, -0.2) is 13.1 Å². The third kappa shape index (κ3) is 9.41. The van der Waals surface area contributed by atoms with Crippen molar-refractivity contribution in [1.29, 1.82) is 0 Å². The van der Waals surface area contributed by atoms with Crippen LogP contribution in [-0.2, 0) is 26.0 Å². The van der Waals surface area contributed by atoms with Gasteiger partial charge in [0, 0.05) is 24.4 Å². The predicted octanol–water partition coefficient (Wildman–Crippen LogP) is 4.04. The number of halogens is 1. The van der Waals surface area contributed by atoms with Gasteiger partial charge in [-0.05, 0) is 68.1 Å². The molecule has 8 nitrogen and oxygen atoms in total. The molecule has 10 heteroatoms. The molecule has 2 aromatic carbocycles. The maximum atomic E-state index is 12.5. The largest absolute Gasteiger partial charge is 0.481 e. The smallest absolute Gasteiger partial charge is 0.303 e. The third-order valence-corrected chi connectivity index (χ3v) is 6.62. The van der Waals surface area contributed by atoms with Crippen LogP contribution in [0.1, 0.15) is 45.1 Å². The molecule has 0 heterocycles. The molecule has 0 saturated carbocycles. The second-order valence-corrected chi connectivity index (χ2v) is 9.89. The molecule has 0 aliphatic carbocycles. The lowest BCUT2D eigenvalue weighted by molar-refractivity contribution is -0.155. The molecule has 0 aliphatic rings. The molecule has 1 unspecified atom stereocenters. The molecular weight excluding hydrogens is 468 g/mol. The number of carbonyl (C=O) groups is 2. The summed E-state index contributed by atoms with van der Waals surface area (Å²) in [6.45, 7) is 3.54. The second-order valence-electron chi connectivity index (χ2n) is 7.74. The summed E-state index contributed by atoms with van der Waals surface area (Å²) in [6, 6.07) is 12.7. The number of hydroxylamine groups is 2. The molecule has 0 bridgehead atoms. The van der Waals surface area contributed by atoms with Crippen molar-refractivity contribution in [3.8, 4) is 5.75 Å². The molecule has 2 aromatic rings. The Kier molecular flexibility index (Phi) is 10.1. The quantitative estimate of drug-likeness (QED) is 0.319. The van der Waals surface area contributed by atoms with E-state index in [1.54, 1.807) is 19.1 Å². The molecule has 0 saturated heterocycles. The van der Waals surface area contributed by atoms with E-state index in [0.29, 0.717) is 43.0 Å². The SMILES string of the molecule is CC(=O)N(CCCCCC(=O)O)Oc1ccc(CC(C)NS(=O)(=O)c2ccc(Cl)cc2)cc1. The van der Waals surface area contributed by atoms with Crippen LogP contribution in [0.15, 0.2) is 53.4 Å². The van der Waals surface area contributed by atoms with Crippen molar-refractivity contribution in [2.75, 3.05) is 6.54 Å². The van der Waals surface area contributed by atoms with Crippen LogP contribution in [0.2, 0.25) is 5.02 Å². The van der Waals surface area contributed by atoms with E-state index in [0.717, 1.165) is 5.56 Å². The highest BCUT2D eigenvalue weighted by molar-refractivity contribution is 7.89. The molecule has 2 rings (SSSR count). The predicted molar refractivity (Wildman–Crippen MR) is 126 cm³/mol. The molecule has 0 aliphatic heterocycles. The van der Waals surface area contributed by atoms with Gasteiger partial charge >= 0.3 is 5.97 Å². The van der Waals surface area contributed by atoms with Gasteiger partial charge in [-0.15, -0.1) is 0 Å².